The minimum absolute atomic E-state index is 0.734. The van der Waals surface area contributed by atoms with E-state index in [1.54, 1.807) is 0 Å². The second kappa shape index (κ2) is 18.6. The van der Waals surface area contributed by atoms with E-state index in [-0.39, 0.29) is 0 Å². The topological polar surface area (TPSA) is 13.0 Å². The minimum Gasteiger partial charge on any atom is -0.298 e. The van der Waals surface area contributed by atoms with Crippen LogP contribution in [0.2, 0.25) is 0 Å². The van der Waals surface area contributed by atoms with Crippen molar-refractivity contribution in [1.29, 1.82) is 0 Å². The Morgan fingerprint density at radius 1 is 0.479 bits per heavy atom. The van der Waals surface area contributed by atoms with Crippen molar-refractivity contribution in [2.75, 3.05) is 26.2 Å². The van der Waals surface area contributed by atoms with Crippen molar-refractivity contribution < 1.29 is 0 Å². The Kier molecular flexibility index (Phi) is 16.3. The van der Waals surface area contributed by atoms with Crippen molar-refractivity contribution in [3.05, 3.63) is 0 Å². The van der Waals surface area contributed by atoms with Gasteiger partial charge in [0.2, 0.25) is 0 Å². The van der Waals surface area contributed by atoms with Gasteiger partial charge in [-0.1, -0.05) is 61.8 Å². The van der Waals surface area contributed by atoms with Crippen LogP contribution in [0.1, 0.15) is 169 Å². The summed E-state index contributed by atoms with van der Waals surface area (Å²) in [6.07, 6.45) is 13.1. The molecule has 6 unspecified atom stereocenters. The molecule has 6 fully saturated rings. The molecule has 2 saturated carbocycles. The van der Waals surface area contributed by atoms with Gasteiger partial charge in [0.05, 0.1) is 0 Å². The van der Waals surface area contributed by atoms with E-state index in [4.69, 9.17) is 0 Å². The number of fused-ring (bicyclic) bond motifs is 1. The second-order valence-electron chi connectivity index (χ2n) is 19.9. The predicted molar refractivity (Wildman–Crippen MR) is 213 cm³/mol. The molecule has 284 valence electrons. The first-order valence-electron chi connectivity index (χ1n) is 21.4. The maximum absolute atomic E-state index is 2.73. The molecule has 2 aliphatic carbocycles. The maximum Gasteiger partial charge on any atom is 0.0152 e. The molecule has 6 atom stereocenters. The Morgan fingerprint density at radius 2 is 0.938 bits per heavy atom. The van der Waals surface area contributed by atoms with Gasteiger partial charge in [0.1, 0.15) is 0 Å². The average Bonchev–Trinajstić information content (AvgIpc) is 3.73. The summed E-state index contributed by atoms with van der Waals surface area (Å²) in [5, 5.41) is 0. The van der Waals surface area contributed by atoms with Crippen molar-refractivity contribution in [3.8, 4) is 0 Å². The highest BCUT2D eigenvalue weighted by Crippen LogP contribution is 2.56. The fourth-order valence-electron chi connectivity index (χ4n) is 10.3. The Labute approximate surface area is 302 Å². The third kappa shape index (κ3) is 11.4. The van der Waals surface area contributed by atoms with Crippen LogP contribution in [0.25, 0.3) is 0 Å². The summed E-state index contributed by atoms with van der Waals surface area (Å²) >= 11 is 0. The molecule has 4 nitrogen and oxygen atoms in total. The first kappa shape index (κ1) is 42.3. The summed E-state index contributed by atoms with van der Waals surface area (Å²) in [6, 6.07) is 6.44. The highest BCUT2D eigenvalue weighted by atomic mass is 15.2. The lowest BCUT2D eigenvalue weighted by Gasteiger charge is -2.40. The van der Waals surface area contributed by atoms with Gasteiger partial charge in [0, 0.05) is 61.4 Å². The van der Waals surface area contributed by atoms with Gasteiger partial charge in [-0.2, -0.15) is 0 Å². The first-order chi connectivity index (χ1) is 22.4. The zero-order valence-corrected chi connectivity index (χ0v) is 35.6. The number of hydrogen-bond donors (Lipinski definition) is 0. The van der Waals surface area contributed by atoms with Crippen LogP contribution in [0.3, 0.4) is 0 Å². The van der Waals surface area contributed by atoms with E-state index in [0.29, 0.717) is 0 Å². The zero-order chi connectivity index (χ0) is 36.1. The van der Waals surface area contributed by atoms with Gasteiger partial charge in [-0.05, 0) is 161 Å². The molecule has 0 aromatic heterocycles. The largest absolute Gasteiger partial charge is 0.298 e. The van der Waals surface area contributed by atoms with Crippen LogP contribution in [0, 0.1) is 40.9 Å². The number of piperidine rings is 2. The molecule has 48 heavy (non-hydrogen) atoms. The molecule has 0 radical (unpaired) electrons. The van der Waals surface area contributed by atoms with Gasteiger partial charge in [-0.15, -0.1) is 0 Å². The monoisotopic (exact) mass is 673 g/mol. The summed E-state index contributed by atoms with van der Waals surface area (Å²) in [5.74, 6) is 5.48. The van der Waals surface area contributed by atoms with Gasteiger partial charge in [0.15, 0.2) is 0 Å². The van der Waals surface area contributed by atoms with E-state index in [0.717, 1.165) is 89.3 Å². The third-order valence-corrected chi connectivity index (χ3v) is 13.4. The molecule has 1 spiro atoms. The molecule has 0 aromatic carbocycles. The molecular formula is C44H88N4. The van der Waals surface area contributed by atoms with Crippen molar-refractivity contribution in [2.24, 2.45) is 40.9 Å². The molecule has 0 N–H and O–H groups in total. The van der Waals surface area contributed by atoms with Crippen LogP contribution >= 0.6 is 0 Å². The Balaban J connectivity index is 0.000000174. The summed E-state index contributed by atoms with van der Waals surface area (Å²) < 4.78 is 0. The molecule has 0 bridgehead atoms. The lowest BCUT2D eigenvalue weighted by Crippen LogP contribution is -2.46. The van der Waals surface area contributed by atoms with Crippen molar-refractivity contribution >= 4 is 0 Å². The normalized spacial score (nSPS) is 32.0. The number of nitrogens with zero attached hydrogens (tertiary/aromatic N) is 4. The standard InChI is InChI=1S/C12H23N.C11H21N.C11H23N.C10H21N/c1-9(2)11-7-12(5-6-12)8-13(11)10(3)4;1-7(2)11-10-5-9(10)6-12(11)8(3)4;1-9(2)11-7-5-6-8-12(11)10(3)4;1-8(2)10-6-5-7-11(10)9(3)4/h9-11H,5-8H2,1-4H3;7-11H,5-6H2,1-4H3;9-11H,5-8H2,1-4H3;8-10H,5-7H2,1-4H3. The predicted octanol–water partition coefficient (Wildman–Crippen LogP) is 10.7. The van der Waals surface area contributed by atoms with E-state index < -0.39 is 0 Å². The number of likely N-dealkylation sites (tertiary alicyclic amines) is 4. The Morgan fingerprint density at radius 3 is 1.29 bits per heavy atom. The van der Waals surface area contributed by atoms with Crippen molar-refractivity contribution in [3.63, 3.8) is 0 Å². The summed E-state index contributed by atoms with van der Waals surface area (Å²) in [5.41, 5.74) is 0.777. The van der Waals surface area contributed by atoms with E-state index >= 15 is 0 Å². The van der Waals surface area contributed by atoms with Crippen LogP contribution in [-0.4, -0.2) is 94.1 Å². The highest BCUT2D eigenvalue weighted by molar-refractivity contribution is 5.06. The fourth-order valence-corrected chi connectivity index (χ4v) is 10.3. The van der Waals surface area contributed by atoms with E-state index in [1.807, 2.05) is 0 Å². The van der Waals surface area contributed by atoms with Crippen LogP contribution in [0.4, 0.5) is 0 Å². The molecule has 4 saturated heterocycles. The van der Waals surface area contributed by atoms with Gasteiger partial charge < -0.3 is 0 Å². The fraction of sp³-hybridized carbons (Fsp3) is 1.00. The quantitative estimate of drug-likeness (QED) is 0.254. The number of rotatable bonds is 8. The summed E-state index contributed by atoms with van der Waals surface area (Å²) in [4.78, 5) is 10.8. The van der Waals surface area contributed by atoms with Crippen LogP contribution in [0.5, 0.6) is 0 Å². The Hall–Kier alpha value is -0.160. The third-order valence-electron chi connectivity index (χ3n) is 13.4. The summed E-state index contributed by atoms with van der Waals surface area (Å²) in [7, 11) is 0. The second-order valence-corrected chi connectivity index (χ2v) is 19.9. The van der Waals surface area contributed by atoms with Gasteiger partial charge in [0.25, 0.3) is 0 Å². The average molecular weight is 673 g/mol. The van der Waals surface area contributed by atoms with Gasteiger partial charge in [-0.3, -0.25) is 19.6 Å². The van der Waals surface area contributed by atoms with Crippen molar-refractivity contribution in [1.82, 2.24) is 19.6 Å². The smallest absolute Gasteiger partial charge is 0.0152 e. The van der Waals surface area contributed by atoms with E-state index in [9.17, 15) is 0 Å². The molecule has 4 heteroatoms. The Bertz CT molecular complexity index is 845. The van der Waals surface area contributed by atoms with Crippen molar-refractivity contribution in [2.45, 2.75) is 217 Å². The molecule has 0 aromatic rings. The maximum atomic E-state index is 2.73. The van der Waals surface area contributed by atoms with Crippen LogP contribution in [0.15, 0.2) is 0 Å². The SMILES string of the molecule is CC(C)C1C2CC2CN1C(C)C.CC(C)C1CC2(CC2)CN1C(C)C.CC(C)C1CCCCN1C(C)C.CC(C)C1CCCN1C(C)C. The molecule has 6 rings (SSSR count). The first-order valence-corrected chi connectivity index (χ1v) is 21.4. The zero-order valence-electron chi connectivity index (χ0n) is 35.6. The summed E-state index contributed by atoms with van der Waals surface area (Å²) in [6.45, 7) is 42.9. The molecule has 0 amide bonds. The minimum atomic E-state index is 0.734. The van der Waals surface area contributed by atoms with E-state index in [2.05, 4.69) is 130 Å². The lowest BCUT2D eigenvalue weighted by molar-refractivity contribution is 0.0808. The van der Waals surface area contributed by atoms with E-state index in [1.165, 1.54) is 84.0 Å². The van der Waals surface area contributed by atoms with Gasteiger partial charge in [-0.25, -0.2) is 0 Å². The highest BCUT2D eigenvalue weighted by Gasteiger charge is 2.54. The lowest BCUT2D eigenvalue weighted by atomic mass is 9.92. The molecule has 4 heterocycles. The number of hydrogen-bond acceptors (Lipinski definition) is 4. The molecular weight excluding hydrogens is 585 g/mol. The molecule has 4 aliphatic heterocycles. The van der Waals surface area contributed by atoms with Gasteiger partial charge >= 0.3 is 0 Å². The van der Waals surface area contributed by atoms with Crippen LogP contribution < -0.4 is 0 Å². The molecule has 6 aliphatic rings. The van der Waals surface area contributed by atoms with Crippen LogP contribution in [-0.2, 0) is 0 Å².